The van der Waals surface area contributed by atoms with Crippen molar-refractivity contribution < 1.29 is 19.1 Å². The molecule has 1 fully saturated rings. The lowest BCUT2D eigenvalue weighted by atomic mass is 10.1. The number of nitrogens with zero attached hydrogens (tertiary/aromatic N) is 1. The minimum atomic E-state index is -0.324. The molecule has 0 aromatic heterocycles. The van der Waals surface area contributed by atoms with Gasteiger partial charge in [0.15, 0.2) is 19.7 Å². The van der Waals surface area contributed by atoms with Crippen LogP contribution in [0.4, 0.5) is 0 Å². The molecule has 2 unspecified atom stereocenters. The number of quaternary nitrogens is 1. The Hall–Kier alpha value is -0.160. The molecule has 0 saturated carbocycles. The van der Waals surface area contributed by atoms with Crippen LogP contribution in [0, 0.1) is 0 Å². The maximum atomic E-state index is 9.99. The first-order chi connectivity index (χ1) is 6.75. The predicted molar refractivity (Wildman–Crippen MR) is 53.4 cm³/mol. The van der Waals surface area contributed by atoms with Gasteiger partial charge in [0.25, 0.3) is 0 Å². The molecular formula is C10H22NO3+. The van der Waals surface area contributed by atoms with E-state index in [1.54, 1.807) is 7.11 Å². The predicted octanol–water partition coefficient (Wildman–Crippen LogP) is 0.903. The van der Waals surface area contributed by atoms with Gasteiger partial charge in [0.1, 0.15) is 0 Å². The summed E-state index contributed by atoms with van der Waals surface area (Å²) in [7, 11) is 1.67. The maximum Gasteiger partial charge on any atom is 0.194 e. The van der Waals surface area contributed by atoms with E-state index in [4.69, 9.17) is 9.47 Å². The summed E-state index contributed by atoms with van der Waals surface area (Å²) >= 11 is 0. The molecule has 14 heavy (non-hydrogen) atoms. The second-order valence-electron chi connectivity index (χ2n) is 3.96. The number of piperidine rings is 1. The molecule has 1 saturated heterocycles. The summed E-state index contributed by atoms with van der Waals surface area (Å²) in [6.45, 7) is 4.72. The molecule has 0 aromatic rings. The van der Waals surface area contributed by atoms with Gasteiger partial charge in [0, 0.05) is 20.1 Å². The van der Waals surface area contributed by atoms with Crippen LogP contribution < -0.4 is 0 Å². The summed E-state index contributed by atoms with van der Waals surface area (Å²) in [4.78, 5) is 0. The molecule has 0 radical (unpaired) electrons. The number of hydrogen-bond donors (Lipinski definition) is 1. The number of aliphatic hydroxyl groups is 1. The smallest absolute Gasteiger partial charge is 0.194 e. The Morgan fingerprint density at radius 1 is 1.36 bits per heavy atom. The maximum absolute atomic E-state index is 9.99. The molecule has 4 nitrogen and oxygen atoms in total. The molecular weight excluding hydrogens is 182 g/mol. The highest BCUT2D eigenvalue weighted by Crippen LogP contribution is 2.24. The summed E-state index contributed by atoms with van der Waals surface area (Å²) in [6, 6.07) is 0. The quantitative estimate of drug-likeness (QED) is 0.676. The molecule has 2 atom stereocenters. The van der Waals surface area contributed by atoms with Gasteiger partial charge in [0.2, 0.25) is 0 Å². The van der Waals surface area contributed by atoms with E-state index in [9.17, 15) is 5.11 Å². The summed E-state index contributed by atoms with van der Waals surface area (Å²) < 4.78 is 11.2. The highest BCUT2D eigenvalue weighted by molar-refractivity contribution is 4.54. The fourth-order valence-corrected chi connectivity index (χ4v) is 2.05. The second kappa shape index (κ2) is 5.66. The van der Waals surface area contributed by atoms with Gasteiger partial charge in [-0.25, -0.2) is 0 Å². The minimum absolute atomic E-state index is 0.324. The molecule has 1 aliphatic rings. The average molecular weight is 204 g/mol. The van der Waals surface area contributed by atoms with Crippen LogP contribution in [-0.2, 0) is 9.47 Å². The first kappa shape index (κ1) is 11.9. The van der Waals surface area contributed by atoms with Crippen LogP contribution in [0.1, 0.15) is 26.2 Å². The van der Waals surface area contributed by atoms with Crippen molar-refractivity contribution in [3.63, 3.8) is 0 Å². The number of ether oxygens (including phenoxy) is 2. The summed E-state index contributed by atoms with van der Waals surface area (Å²) in [5.41, 5.74) is 0. The van der Waals surface area contributed by atoms with Crippen LogP contribution in [0.3, 0.4) is 0 Å². The highest BCUT2D eigenvalue weighted by atomic mass is 16.5. The molecule has 1 N–H and O–H groups in total. The normalized spacial score (nSPS) is 33.2. The molecule has 4 heteroatoms. The van der Waals surface area contributed by atoms with E-state index in [1.165, 1.54) is 0 Å². The van der Waals surface area contributed by atoms with Crippen LogP contribution in [0.5, 0.6) is 0 Å². The molecule has 0 aromatic carbocycles. The lowest BCUT2D eigenvalue weighted by molar-refractivity contribution is -1.01. The van der Waals surface area contributed by atoms with Gasteiger partial charge in [-0.2, -0.15) is 0 Å². The van der Waals surface area contributed by atoms with Gasteiger partial charge in [0.05, 0.1) is 6.54 Å². The number of likely N-dealkylation sites (tertiary alicyclic amines) is 1. The third-order valence-corrected chi connectivity index (χ3v) is 2.89. The first-order valence-corrected chi connectivity index (χ1v) is 5.35. The number of methoxy groups -OCH3 is 1. The highest BCUT2D eigenvalue weighted by Gasteiger charge is 2.38. The fraction of sp³-hybridized carbons (Fsp3) is 1.00. The Bertz CT molecular complexity index is 161. The van der Waals surface area contributed by atoms with Crippen molar-refractivity contribution in [2.24, 2.45) is 0 Å². The van der Waals surface area contributed by atoms with E-state index >= 15 is 0 Å². The van der Waals surface area contributed by atoms with Crippen molar-refractivity contribution in [2.45, 2.75) is 32.4 Å². The lowest BCUT2D eigenvalue weighted by Crippen LogP contribution is -2.60. The van der Waals surface area contributed by atoms with Gasteiger partial charge >= 0.3 is 0 Å². The molecule has 1 heterocycles. The fourth-order valence-electron chi connectivity index (χ4n) is 2.05. The van der Waals surface area contributed by atoms with E-state index in [1.807, 2.05) is 6.92 Å². The van der Waals surface area contributed by atoms with Crippen LogP contribution >= 0.6 is 0 Å². The monoisotopic (exact) mass is 204 g/mol. The van der Waals surface area contributed by atoms with Crippen LogP contribution in [0.2, 0.25) is 0 Å². The van der Waals surface area contributed by atoms with Gasteiger partial charge in [-0.15, -0.1) is 0 Å². The third-order valence-electron chi connectivity index (χ3n) is 2.89. The SMILES string of the molecule is CCOC[N+]1(COC)CCCCC1O. The van der Waals surface area contributed by atoms with Crippen LogP contribution in [-0.4, -0.2) is 49.5 Å². The Morgan fingerprint density at radius 3 is 2.71 bits per heavy atom. The van der Waals surface area contributed by atoms with Crippen molar-refractivity contribution in [2.75, 3.05) is 33.7 Å². The lowest BCUT2D eigenvalue weighted by Gasteiger charge is -2.43. The molecule has 0 aliphatic carbocycles. The van der Waals surface area contributed by atoms with Gasteiger partial charge in [-0.3, -0.25) is 4.48 Å². The Balaban J connectivity index is 2.57. The van der Waals surface area contributed by atoms with Crippen molar-refractivity contribution in [3.05, 3.63) is 0 Å². The van der Waals surface area contributed by atoms with Crippen molar-refractivity contribution >= 4 is 0 Å². The zero-order valence-electron chi connectivity index (χ0n) is 9.24. The Kier molecular flexibility index (Phi) is 4.81. The summed E-state index contributed by atoms with van der Waals surface area (Å²) in [6.07, 6.45) is 2.79. The molecule has 84 valence electrons. The van der Waals surface area contributed by atoms with Crippen molar-refractivity contribution in [1.29, 1.82) is 0 Å². The average Bonchev–Trinajstić information content (AvgIpc) is 2.20. The first-order valence-electron chi connectivity index (χ1n) is 5.35. The van der Waals surface area contributed by atoms with Crippen molar-refractivity contribution in [3.8, 4) is 0 Å². The Labute approximate surface area is 86.0 Å². The summed E-state index contributed by atoms with van der Waals surface area (Å²) in [5, 5.41) is 9.99. The van der Waals surface area contributed by atoms with Gasteiger partial charge in [-0.05, 0) is 19.8 Å². The van der Waals surface area contributed by atoms with E-state index in [0.29, 0.717) is 24.6 Å². The van der Waals surface area contributed by atoms with Crippen molar-refractivity contribution in [1.82, 2.24) is 0 Å². The van der Waals surface area contributed by atoms with E-state index in [0.717, 1.165) is 25.8 Å². The third kappa shape index (κ3) is 2.67. The van der Waals surface area contributed by atoms with Crippen LogP contribution in [0.25, 0.3) is 0 Å². The zero-order chi connectivity index (χ0) is 10.4. The van der Waals surface area contributed by atoms with Gasteiger partial charge in [-0.1, -0.05) is 0 Å². The molecule has 0 amide bonds. The van der Waals surface area contributed by atoms with E-state index < -0.39 is 0 Å². The van der Waals surface area contributed by atoms with E-state index in [2.05, 4.69) is 0 Å². The molecule has 1 rings (SSSR count). The molecule has 1 aliphatic heterocycles. The number of rotatable bonds is 5. The Morgan fingerprint density at radius 2 is 2.14 bits per heavy atom. The van der Waals surface area contributed by atoms with E-state index in [-0.39, 0.29) is 6.23 Å². The topological polar surface area (TPSA) is 38.7 Å². The molecule has 0 bridgehead atoms. The number of aliphatic hydroxyl groups excluding tert-OH is 1. The largest absolute Gasteiger partial charge is 0.345 e. The molecule has 0 spiro atoms. The minimum Gasteiger partial charge on any atom is -0.345 e. The second-order valence-corrected chi connectivity index (χ2v) is 3.96. The van der Waals surface area contributed by atoms with Crippen LogP contribution in [0.15, 0.2) is 0 Å². The number of hydrogen-bond acceptors (Lipinski definition) is 3. The standard InChI is InChI=1S/C10H22NO3/c1-3-14-9-11(8-13-2)7-5-4-6-10(11)12/h10,12H,3-9H2,1-2H3/q+1. The van der Waals surface area contributed by atoms with Gasteiger partial charge < -0.3 is 14.6 Å². The zero-order valence-corrected chi connectivity index (χ0v) is 9.24. The summed E-state index contributed by atoms with van der Waals surface area (Å²) in [5.74, 6) is 0.